The summed E-state index contributed by atoms with van der Waals surface area (Å²) in [7, 11) is 0. The highest BCUT2D eigenvalue weighted by Crippen LogP contribution is 2.25. The van der Waals surface area contributed by atoms with Crippen LogP contribution in [0.2, 0.25) is 0 Å². The summed E-state index contributed by atoms with van der Waals surface area (Å²) in [5.41, 5.74) is 1.61. The van der Waals surface area contributed by atoms with Gasteiger partial charge in [0.15, 0.2) is 5.78 Å². The number of rotatable bonds is 3. The van der Waals surface area contributed by atoms with Crippen LogP contribution in [0.1, 0.15) is 22.3 Å². The first-order valence-corrected chi connectivity index (χ1v) is 6.86. The zero-order chi connectivity index (χ0) is 13.3. The van der Waals surface area contributed by atoms with Crippen LogP contribution >= 0.6 is 22.6 Å². The van der Waals surface area contributed by atoms with E-state index in [1.165, 1.54) is 11.1 Å². The number of halogens is 1. The van der Waals surface area contributed by atoms with Crippen LogP contribution in [0.15, 0.2) is 31.0 Å². The Kier molecular flexibility index (Phi) is 3.85. The first-order valence-electron chi connectivity index (χ1n) is 5.78. The molecule has 1 aliphatic rings. The van der Waals surface area contributed by atoms with Gasteiger partial charge in [0.25, 0.3) is 0 Å². The lowest BCUT2D eigenvalue weighted by Crippen LogP contribution is -2.27. The molecule has 1 amide bonds. The molecule has 0 saturated carbocycles. The van der Waals surface area contributed by atoms with Gasteiger partial charge in [-0.25, -0.2) is 0 Å². The normalized spacial score (nSPS) is 19.1. The van der Waals surface area contributed by atoms with Crippen molar-refractivity contribution >= 4 is 34.3 Å². The minimum atomic E-state index is -0.542. The monoisotopic (exact) mass is 355 g/mol. The first-order chi connectivity index (χ1) is 8.56. The van der Waals surface area contributed by atoms with Crippen LogP contribution in [-0.2, 0) is 4.79 Å². The quantitative estimate of drug-likeness (QED) is 0.475. The van der Waals surface area contributed by atoms with Gasteiger partial charge in [0, 0.05) is 15.7 Å². The number of nitrogens with zero attached hydrogens (tertiary/aromatic N) is 1. The Hall–Kier alpha value is -1.17. The smallest absolute Gasteiger partial charge is 0.237 e. The Bertz CT molecular complexity index is 525. The summed E-state index contributed by atoms with van der Waals surface area (Å²) in [4.78, 5) is 25.9. The lowest BCUT2D eigenvalue weighted by molar-refractivity contribution is -0.127. The number of carbonyl (C=O) groups excluding carboxylic acids is 2. The molecule has 1 heterocycles. The van der Waals surface area contributed by atoms with Gasteiger partial charge in [-0.2, -0.15) is 0 Å². The van der Waals surface area contributed by atoms with Gasteiger partial charge in [-0.15, -0.1) is 0 Å². The van der Waals surface area contributed by atoms with Crippen molar-refractivity contribution in [3.8, 4) is 0 Å². The number of benzene rings is 1. The maximum absolute atomic E-state index is 12.4. The number of Topliss-reactive ketones (excluding diaryl/α,β-unsaturated/α-hetero) is 1. The average Bonchev–Trinajstić information content (AvgIpc) is 2.73. The molecule has 1 fully saturated rings. The fourth-order valence-electron chi connectivity index (χ4n) is 2.19. The van der Waals surface area contributed by atoms with Crippen molar-refractivity contribution in [2.45, 2.75) is 13.3 Å². The van der Waals surface area contributed by atoms with Gasteiger partial charge in [-0.1, -0.05) is 18.7 Å². The maximum Gasteiger partial charge on any atom is 0.237 e. The molecule has 0 radical (unpaired) electrons. The fraction of sp³-hybridized carbons (Fsp3) is 0.286. The summed E-state index contributed by atoms with van der Waals surface area (Å²) in [6, 6.07) is 5.61. The highest BCUT2D eigenvalue weighted by Gasteiger charge is 2.36. The van der Waals surface area contributed by atoms with E-state index >= 15 is 0 Å². The molecule has 1 aromatic carbocycles. The van der Waals surface area contributed by atoms with E-state index in [1.807, 2.05) is 19.1 Å². The van der Waals surface area contributed by atoms with E-state index in [1.54, 1.807) is 6.07 Å². The summed E-state index contributed by atoms with van der Waals surface area (Å²) in [5, 5.41) is 0. The van der Waals surface area contributed by atoms with Crippen molar-refractivity contribution in [3.05, 3.63) is 45.7 Å². The van der Waals surface area contributed by atoms with E-state index in [2.05, 4.69) is 29.2 Å². The summed E-state index contributed by atoms with van der Waals surface area (Å²) >= 11 is 2.20. The topological polar surface area (TPSA) is 37.4 Å². The molecule has 0 spiro atoms. The second kappa shape index (κ2) is 5.22. The van der Waals surface area contributed by atoms with Gasteiger partial charge in [0.05, 0.1) is 0 Å². The molecule has 1 aliphatic heterocycles. The minimum Gasteiger partial charge on any atom is -0.319 e. The van der Waals surface area contributed by atoms with Gasteiger partial charge in [-0.05, 0) is 53.8 Å². The summed E-state index contributed by atoms with van der Waals surface area (Å²) in [5.74, 6) is -0.742. The highest BCUT2D eigenvalue weighted by atomic mass is 127. The van der Waals surface area contributed by atoms with E-state index < -0.39 is 5.92 Å². The van der Waals surface area contributed by atoms with Crippen LogP contribution in [0.3, 0.4) is 0 Å². The van der Waals surface area contributed by atoms with E-state index in [4.69, 9.17) is 0 Å². The third-order valence-corrected chi connectivity index (χ3v) is 4.48. The number of hydrogen-bond acceptors (Lipinski definition) is 2. The predicted octanol–water partition coefficient (Wildman–Crippen LogP) is 2.77. The molecule has 1 saturated heterocycles. The number of carbonyl (C=O) groups is 2. The summed E-state index contributed by atoms with van der Waals surface area (Å²) in [6.07, 6.45) is 2.08. The molecule has 0 aliphatic carbocycles. The van der Waals surface area contributed by atoms with Gasteiger partial charge in [0.2, 0.25) is 5.91 Å². The zero-order valence-corrected chi connectivity index (χ0v) is 12.3. The number of hydrogen-bond donors (Lipinski definition) is 0. The van der Waals surface area contributed by atoms with Crippen LogP contribution in [0.25, 0.3) is 0 Å². The van der Waals surface area contributed by atoms with E-state index in [0.29, 0.717) is 18.5 Å². The third kappa shape index (κ3) is 2.21. The van der Waals surface area contributed by atoms with Gasteiger partial charge in [0.1, 0.15) is 5.92 Å². The van der Waals surface area contributed by atoms with Crippen molar-refractivity contribution in [2.75, 3.05) is 6.54 Å². The number of amides is 1. The van der Waals surface area contributed by atoms with Gasteiger partial charge in [-0.3, -0.25) is 9.59 Å². The molecule has 94 valence electrons. The Balaban J connectivity index is 2.30. The van der Waals surface area contributed by atoms with Gasteiger partial charge >= 0.3 is 0 Å². The van der Waals surface area contributed by atoms with Crippen LogP contribution in [-0.4, -0.2) is 23.1 Å². The number of likely N-dealkylation sites (tertiary alicyclic amines) is 1. The lowest BCUT2D eigenvalue weighted by atomic mass is 9.93. The average molecular weight is 355 g/mol. The van der Waals surface area contributed by atoms with E-state index in [9.17, 15) is 9.59 Å². The van der Waals surface area contributed by atoms with Crippen molar-refractivity contribution in [1.82, 2.24) is 4.90 Å². The molecule has 1 atom stereocenters. The Labute approximate surface area is 120 Å². The first kappa shape index (κ1) is 13.3. The molecule has 0 aromatic heterocycles. The molecule has 3 nitrogen and oxygen atoms in total. The minimum absolute atomic E-state index is 0.0691. The standard InChI is InChI=1S/C14H14INO2/c1-3-16-8-7-11(14(16)18)13(17)10-5-4-6-12(15)9(10)2/h3-6,11H,1,7-8H2,2H3. The molecule has 2 rings (SSSR count). The molecule has 0 bridgehead atoms. The zero-order valence-electron chi connectivity index (χ0n) is 10.1. The fourth-order valence-corrected chi connectivity index (χ4v) is 2.69. The van der Waals surface area contributed by atoms with E-state index in [0.717, 1.165) is 9.13 Å². The number of ketones is 1. The maximum atomic E-state index is 12.4. The molecule has 4 heteroatoms. The molecule has 0 N–H and O–H groups in total. The Morgan fingerprint density at radius 1 is 1.56 bits per heavy atom. The SMILES string of the molecule is C=CN1CCC(C(=O)c2cccc(I)c2C)C1=O. The second-order valence-electron chi connectivity index (χ2n) is 4.33. The highest BCUT2D eigenvalue weighted by molar-refractivity contribution is 14.1. The second-order valence-corrected chi connectivity index (χ2v) is 5.49. The predicted molar refractivity (Wildman–Crippen MR) is 78.2 cm³/mol. The van der Waals surface area contributed by atoms with Crippen LogP contribution in [0.5, 0.6) is 0 Å². The molecular formula is C14H14INO2. The van der Waals surface area contributed by atoms with Crippen molar-refractivity contribution < 1.29 is 9.59 Å². The molecule has 18 heavy (non-hydrogen) atoms. The van der Waals surface area contributed by atoms with Crippen LogP contribution in [0, 0.1) is 16.4 Å². The lowest BCUT2D eigenvalue weighted by Gasteiger charge is -2.12. The van der Waals surface area contributed by atoms with Gasteiger partial charge < -0.3 is 4.90 Å². The summed E-state index contributed by atoms with van der Waals surface area (Å²) in [6.45, 7) is 6.09. The Morgan fingerprint density at radius 3 is 2.89 bits per heavy atom. The summed E-state index contributed by atoms with van der Waals surface area (Å²) < 4.78 is 1.05. The third-order valence-electron chi connectivity index (χ3n) is 3.31. The van der Waals surface area contributed by atoms with E-state index in [-0.39, 0.29) is 11.7 Å². The van der Waals surface area contributed by atoms with Crippen molar-refractivity contribution in [3.63, 3.8) is 0 Å². The van der Waals surface area contributed by atoms with Crippen molar-refractivity contribution in [1.29, 1.82) is 0 Å². The largest absolute Gasteiger partial charge is 0.319 e. The molecule has 1 aromatic rings. The molecule has 1 unspecified atom stereocenters. The molecular weight excluding hydrogens is 341 g/mol. The van der Waals surface area contributed by atoms with Crippen LogP contribution < -0.4 is 0 Å². The van der Waals surface area contributed by atoms with Crippen molar-refractivity contribution in [2.24, 2.45) is 5.92 Å². The van der Waals surface area contributed by atoms with Crippen LogP contribution in [0.4, 0.5) is 0 Å². The Morgan fingerprint density at radius 2 is 2.28 bits per heavy atom.